The minimum atomic E-state index is -3.69. The molecular formula is C15H23FN2O3S. The third kappa shape index (κ3) is 4.49. The van der Waals surface area contributed by atoms with Crippen molar-refractivity contribution < 1.29 is 17.5 Å². The monoisotopic (exact) mass is 330 g/mol. The molecule has 22 heavy (non-hydrogen) atoms. The number of benzene rings is 1. The van der Waals surface area contributed by atoms with Gasteiger partial charge in [0.1, 0.15) is 5.82 Å². The summed E-state index contributed by atoms with van der Waals surface area (Å²) in [5.41, 5.74) is 0. The highest BCUT2D eigenvalue weighted by Crippen LogP contribution is 2.17. The molecule has 2 atom stereocenters. The van der Waals surface area contributed by atoms with Gasteiger partial charge in [-0.25, -0.2) is 17.5 Å². The molecule has 1 fully saturated rings. The number of halogens is 1. The molecule has 1 aliphatic rings. The van der Waals surface area contributed by atoms with Crippen molar-refractivity contribution in [3.8, 4) is 0 Å². The van der Waals surface area contributed by atoms with Crippen molar-refractivity contribution in [2.75, 3.05) is 26.8 Å². The summed E-state index contributed by atoms with van der Waals surface area (Å²) >= 11 is 0. The lowest BCUT2D eigenvalue weighted by Crippen LogP contribution is -2.51. The van der Waals surface area contributed by atoms with Gasteiger partial charge in [0, 0.05) is 25.7 Å². The number of nitrogens with zero attached hydrogens (tertiary/aromatic N) is 1. The Labute approximate surface area is 131 Å². The van der Waals surface area contributed by atoms with Gasteiger partial charge < -0.3 is 4.74 Å². The number of hydrogen-bond acceptors (Lipinski definition) is 4. The largest absolute Gasteiger partial charge is 0.383 e. The van der Waals surface area contributed by atoms with Crippen LogP contribution in [-0.4, -0.2) is 52.2 Å². The van der Waals surface area contributed by atoms with E-state index >= 15 is 0 Å². The Morgan fingerprint density at radius 1 is 1.50 bits per heavy atom. The van der Waals surface area contributed by atoms with Crippen LogP contribution in [0, 0.1) is 5.82 Å². The van der Waals surface area contributed by atoms with Gasteiger partial charge in [0.05, 0.1) is 11.5 Å². The molecule has 1 saturated heterocycles. The smallest absolute Gasteiger partial charge is 0.240 e. The Balaban J connectivity index is 2.03. The van der Waals surface area contributed by atoms with Gasteiger partial charge in [0.15, 0.2) is 0 Å². The zero-order chi connectivity index (χ0) is 16.2. The van der Waals surface area contributed by atoms with Crippen LogP contribution in [0.1, 0.15) is 19.8 Å². The Hall–Kier alpha value is -1.02. The van der Waals surface area contributed by atoms with Crippen LogP contribution in [0.4, 0.5) is 4.39 Å². The van der Waals surface area contributed by atoms with Crippen LogP contribution in [0.25, 0.3) is 0 Å². The normalized spacial score (nSPS) is 21.7. The zero-order valence-electron chi connectivity index (χ0n) is 13.0. The average molecular weight is 330 g/mol. The number of rotatable bonds is 6. The van der Waals surface area contributed by atoms with E-state index in [1.807, 2.05) is 0 Å². The fourth-order valence-corrected chi connectivity index (χ4v) is 4.06. The SMILES string of the molecule is COC[C@H](C)N1CCC[C@H](NS(=O)(=O)c2cccc(F)c2)C1. The van der Waals surface area contributed by atoms with E-state index in [1.54, 1.807) is 7.11 Å². The lowest BCUT2D eigenvalue weighted by molar-refractivity contribution is 0.0786. The zero-order valence-corrected chi connectivity index (χ0v) is 13.8. The summed E-state index contributed by atoms with van der Waals surface area (Å²) in [4.78, 5) is 2.18. The first-order chi connectivity index (χ1) is 10.4. The third-order valence-corrected chi connectivity index (χ3v) is 5.43. The van der Waals surface area contributed by atoms with Gasteiger partial charge >= 0.3 is 0 Å². The van der Waals surface area contributed by atoms with Crippen LogP contribution in [0.15, 0.2) is 29.2 Å². The van der Waals surface area contributed by atoms with Crippen LogP contribution in [0.5, 0.6) is 0 Å². The Bertz CT molecular complexity index is 594. The summed E-state index contributed by atoms with van der Waals surface area (Å²) in [5.74, 6) is -0.554. The second kappa shape index (κ2) is 7.50. The Morgan fingerprint density at radius 2 is 2.27 bits per heavy atom. The molecule has 5 nitrogen and oxygen atoms in total. The molecule has 1 aromatic carbocycles. The second-order valence-electron chi connectivity index (χ2n) is 5.72. The molecule has 0 radical (unpaired) electrons. The van der Waals surface area contributed by atoms with Crippen LogP contribution < -0.4 is 4.72 Å². The van der Waals surface area contributed by atoms with Crippen molar-refractivity contribution in [2.24, 2.45) is 0 Å². The highest BCUT2D eigenvalue weighted by atomic mass is 32.2. The first-order valence-corrected chi connectivity index (χ1v) is 8.91. The third-order valence-electron chi connectivity index (χ3n) is 3.91. The second-order valence-corrected chi connectivity index (χ2v) is 7.43. The Morgan fingerprint density at radius 3 is 2.95 bits per heavy atom. The first kappa shape index (κ1) is 17.3. The van der Waals surface area contributed by atoms with Crippen molar-refractivity contribution in [3.05, 3.63) is 30.1 Å². The molecular weight excluding hydrogens is 307 g/mol. The molecule has 0 bridgehead atoms. The maximum atomic E-state index is 13.2. The summed E-state index contributed by atoms with van der Waals surface area (Å²) in [7, 11) is -2.03. The quantitative estimate of drug-likeness (QED) is 0.861. The van der Waals surface area contributed by atoms with Crippen LogP contribution in [0.2, 0.25) is 0 Å². The number of likely N-dealkylation sites (tertiary alicyclic amines) is 1. The van der Waals surface area contributed by atoms with Crippen molar-refractivity contribution in [1.29, 1.82) is 0 Å². The number of piperidine rings is 1. The summed E-state index contributed by atoms with van der Waals surface area (Å²) < 4.78 is 45.7. The van der Waals surface area contributed by atoms with Gasteiger partial charge in [0.25, 0.3) is 0 Å². The fraction of sp³-hybridized carbons (Fsp3) is 0.600. The maximum Gasteiger partial charge on any atom is 0.240 e. The minimum absolute atomic E-state index is 0.0328. The molecule has 1 aromatic rings. The van der Waals surface area contributed by atoms with E-state index in [4.69, 9.17) is 4.74 Å². The van der Waals surface area contributed by atoms with E-state index in [9.17, 15) is 12.8 Å². The van der Waals surface area contributed by atoms with E-state index in [-0.39, 0.29) is 17.0 Å². The fourth-order valence-electron chi connectivity index (χ4n) is 2.77. The maximum absolute atomic E-state index is 13.2. The van der Waals surface area contributed by atoms with Crippen LogP contribution >= 0.6 is 0 Å². The van der Waals surface area contributed by atoms with E-state index < -0.39 is 15.8 Å². The topological polar surface area (TPSA) is 58.6 Å². The number of nitrogens with one attached hydrogen (secondary N) is 1. The molecule has 0 aromatic heterocycles. The molecule has 0 aliphatic carbocycles. The molecule has 1 heterocycles. The van der Waals surface area contributed by atoms with E-state index in [1.165, 1.54) is 18.2 Å². The highest BCUT2D eigenvalue weighted by molar-refractivity contribution is 7.89. The predicted octanol–water partition coefficient (Wildman–Crippen LogP) is 1.60. The van der Waals surface area contributed by atoms with Crippen molar-refractivity contribution in [2.45, 2.75) is 36.7 Å². The molecule has 0 amide bonds. The summed E-state index contributed by atoms with van der Waals surface area (Å²) in [6.07, 6.45) is 1.70. The number of methoxy groups -OCH3 is 1. The lowest BCUT2D eigenvalue weighted by Gasteiger charge is -2.36. The summed E-state index contributed by atoms with van der Waals surface area (Å²) in [6, 6.07) is 5.15. The number of sulfonamides is 1. The van der Waals surface area contributed by atoms with Crippen molar-refractivity contribution in [1.82, 2.24) is 9.62 Å². The molecule has 2 rings (SSSR count). The first-order valence-electron chi connectivity index (χ1n) is 7.43. The van der Waals surface area contributed by atoms with Crippen molar-refractivity contribution in [3.63, 3.8) is 0 Å². The van der Waals surface area contributed by atoms with Crippen molar-refractivity contribution >= 4 is 10.0 Å². The molecule has 0 spiro atoms. The van der Waals surface area contributed by atoms with E-state index in [0.29, 0.717) is 13.2 Å². The molecule has 1 aliphatic heterocycles. The molecule has 0 unspecified atom stereocenters. The number of ether oxygens (including phenoxy) is 1. The Kier molecular flexibility index (Phi) is 5.91. The lowest BCUT2D eigenvalue weighted by atomic mass is 10.1. The van der Waals surface area contributed by atoms with Gasteiger partial charge in [-0.3, -0.25) is 4.90 Å². The summed E-state index contributed by atoms with van der Waals surface area (Å²) in [6.45, 7) is 4.25. The summed E-state index contributed by atoms with van der Waals surface area (Å²) in [5, 5.41) is 0. The standard InChI is InChI=1S/C15H23FN2O3S/c1-12(11-21-2)18-8-4-6-14(10-18)17-22(19,20)15-7-3-5-13(16)9-15/h3,5,7,9,12,14,17H,4,6,8,10-11H2,1-2H3/t12-,14-/m0/s1. The molecule has 1 N–H and O–H groups in total. The van der Waals surface area contributed by atoms with Gasteiger partial charge in [-0.1, -0.05) is 6.07 Å². The minimum Gasteiger partial charge on any atom is -0.383 e. The van der Waals surface area contributed by atoms with Gasteiger partial charge in [-0.15, -0.1) is 0 Å². The average Bonchev–Trinajstić information content (AvgIpc) is 2.47. The van der Waals surface area contributed by atoms with Gasteiger partial charge in [-0.2, -0.15) is 0 Å². The molecule has 7 heteroatoms. The van der Waals surface area contributed by atoms with Gasteiger partial charge in [0.2, 0.25) is 10.0 Å². The van der Waals surface area contributed by atoms with E-state index in [0.717, 1.165) is 25.5 Å². The van der Waals surface area contributed by atoms with Crippen LogP contribution in [0.3, 0.4) is 0 Å². The van der Waals surface area contributed by atoms with Crippen LogP contribution in [-0.2, 0) is 14.8 Å². The van der Waals surface area contributed by atoms with Gasteiger partial charge in [-0.05, 0) is 44.5 Å². The predicted molar refractivity (Wildman–Crippen MR) is 82.7 cm³/mol. The molecule has 124 valence electrons. The van der Waals surface area contributed by atoms with E-state index in [2.05, 4.69) is 16.5 Å². The highest BCUT2D eigenvalue weighted by Gasteiger charge is 2.27. The number of hydrogen-bond donors (Lipinski definition) is 1. The molecule has 0 saturated carbocycles.